The molecule has 4 nitrogen and oxygen atoms in total. The molecule has 1 aromatic rings. The smallest absolute Gasteiger partial charge is 0.118 e. The van der Waals surface area contributed by atoms with Gasteiger partial charge in [-0.2, -0.15) is 0 Å². The van der Waals surface area contributed by atoms with E-state index >= 15 is 0 Å². The Labute approximate surface area is 128 Å². The molecule has 0 bridgehead atoms. The van der Waals surface area contributed by atoms with Gasteiger partial charge in [-0.3, -0.25) is 4.90 Å². The number of aliphatic hydroxyl groups excluding tert-OH is 1. The summed E-state index contributed by atoms with van der Waals surface area (Å²) in [6.45, 7) is 5.65. The number of likely N-dealkylation sites (tertiary alicyclic amines) is 1. The Morgan fingerprint density at radius 2 is 2.14 bits per heavy atom. The molecule has 0 aliphatic carbocycles. The van der Waals surface area contributed by atoms with Gasteiger partial charge >= 0.3 is 0 Å². The van der Waals surface area contributed by atoms with Crippen LogP contribution in [0.1, 0.15) is 24.8 Å². The zero-order chi connectivity index (χ0) is 14.9. The molecule has 1 fully saturated rings. The predicted octanol–water partition coefficient (Wildman–Crippen LogP) is 1.88. The molecule has 0 saturated carbocycles. The highest BCUT2D eigenvalue weighted by Gasteiger charge is 2.19. The largest absolute Gasteiger partial charge is 0.497 e. The lowest BCUT2D eigenvalue weighted by Gasteiger charge is -2.33. The molecular formula is C17H28N2O2. The van der Waals surface area contributed by atoms with Crippen LogP contribution in [0.3, 0.4) is 0 Å². The lowest BCUT2D eigenvalue weighted by Crippen LogP contribution is -2.39. The number of aliphatic hydroxyl groups is 1. The SMILES string of the molecule is COc1ccc(CN2CCCC(CNCCCO)C2)cc1. The van der Waals surface area contributed by atoms with Crippen LogP contribution >= 0.6 is 0 Å². The predicted molar refractivity (Wildman–Crippen MR) is 85.6 cm³/mol. The standard InChI is InChI=1S/C17H28N2O2/c1-21-17-7-5-15(6-8-17)13-19-10-2-4-16(14-19)12-18-9-3-11-20/h5-8,16,18,20H,2-4,9-14H2,1H3. The average Bonchev–Trinajstić information content (AvgIpc) is 2.53. The molecule has 1 heterocycles. The molecule has 1 saturated heterocycles. The second-order valence-corrected chi connectivity index (χ2v) is 5.87. The summed E-state index contributed by atoms with van der Waals surface area (Å²) in [5.41, 5.74) is 1.35. The summed E-state index contributed by atoms with van der Waals surface area (Å²) in [4.78, 5) is 2.55. The Kier molecular flexibility index (Phi) is 7.00. The van der Waals surface area contributed by atoms with Crippen molar-refractivity contribution in [1.29, 1.82) is 0 Å². The Balaban J connectivity index is 1.75. The normalized spacial score (nSPS) is 19.6. The van der Waals surface area contributed by atoms with Crippen LogP contribution in [-0.2, 0) is 6.54 Å². The summed E-state index contributed by atoms with van der Waals surface area (Å²) in [6, 6.07) is 8.38. The van der Waals surface area contributed by atoms with Crippen molar-refractivity contribution >= 4 is 0 Å². The van der Waals surface area contributed by atoms with E-state index in [1.165, 1.54) is 24.9 Å². The molecule has 1 atom stereocenters. The van der Waals surface area contributed by atoms with Crippen molar-refractivity contribution in [3.05, 3.63) is 29.8 Å². The van der Waals surface area contributed by atoms with Crippen LogP contribution in [0.5, 0.6) is 5.75 Å². The molecule has 0 spiro atoms. The summed E-state index contributed by atoms with van der Waals surface area (Å²) in [7, 11) is 1.70. The van der Waals surface area contributed by atoms with Crippen LogP contribution in [-0.4, -0.2) is 49.9 Å². The number of hydrogen-bond donors (Lipinski definition) is 2. The first-order chi connectivity index (χ1) is 10.3. The lowest BCUT2D eigenvalue weighted by atomic mass is 9.97. The first kappa shape index (κ1) is 16.3. The summed E-state index contributed by atoms with van der Waals surface area (Å²) in [6.07, 6.45) is 3.44. The molecule has 2 N–H and O–H groups in total. The third kappa shape index (κ3) is 5.65. The molecule has 0 aromatic heterocycles. The maximum absolute atomic E-state index is 8.79. The van der Waals surface area contributed by atoms with Crippen LogP contribution in [0, 0.1) is 5.92 Å². The third-order valence-corrected chi connectivity index (χ3v) is 4.11. The van der Waals surface area contributed by atoms with E-state index in [-0.39, 0.29) is 6.61 Å². The van der Waals surface area contributed by atoms with Gasteiger partial charge in [0.1, 0.15) is 5.75 Å². The Bertz CT molecular complexity index is 394. The summed E-state index contributed by atoms with van der Waals surface area (Å²) < 4.78 is 5.20. The van der Waals surface area contributed by atoms with E-state index in [2.05, 4.69) is 22.3 Å². The number of hydrogen-bond acceptors (Lipinski definition) is 4. The quantitative estimate of drug-likeness (QED) is 0.718. The molecule has 2 rings (SSSR count). The van der Waals surface area contributed by atoms with Gasteiger partial charge < -0.3 is 15.2 Å². The van der Waals surface area contributed by atoms with Crippen LogP contribution in [0.25, 0.3) is 0 Å². The van der Waals surface area contributed by atoms with E-state index in [4.69, 9.17) is 9.84 Å². The molecule has 4 heteroatoms. The summed E-state index contributed by atoms with van der Waals surface area (Å²) in [5, 5.41) is 12.2. The van der Waals surface area contributed by atoms with E-state index in [9.17, 15) is 0 Å². The molecule has 0 radical (unpaired) electrons. The van der Waals surface area contributed by atoms with Crippen LogP contribution < -0.4 is 10.1 Å². The Morgan fingerprint density at radius 3 is 2.86 bits per heavy atom. The van der Waals surface area contributed by atoms with Gasteiger partial charge in [-0.1, -0.05) is 12.1 Å². The van der Waals surface area contributed by atoms with Gasteiger partial charge in [-0.25, -0.2) is 0 Å². The van der Waals surface area contributed by atoms with Crippen molar-refractivity contribution in [2.45, 2.75) is 25.8 Å². The lowest BCUT2D eigenvalue weighted by molar-refractivity contribution is 0.164. The molecule has 1 aromatic carbocycles. The van der Waals surface area contributed by atoms with Gasteiger partial charge in [-0.05, 0) is 62.5 Å². The topological polar surface area (TPSA) is 44.7 Å². The first-order valence-electron chi connectivity index (χ1n) is 7.98. The summed E-state index contributed by atoms with van der Waals surface area (Å²) >= 11 is 0. The second kappa shape index (κ2) is 9.03. The fourth-order valence-corrected chi connectivity index (χ4v) is 2.96. The summed E-state index contributed by atoms with van der Waals surface area (Å²) in [5.74, 6) is 1.65. The fraction of sp³-hybridized carbons (Fsp3) is 0.647. The number of ether oxygens (including phenoxy) is 1. The Morgan fingerprint density at radius 1 is 1.33 bits per heavy atom. The second-order valence-electron chi connectivity index (χ2n) is 5.87. The minimum atomic E-state index is 0.279. The molecule has 0 amide bonds. The van der Waals surface area contributed by atoms with E-state index in [0.29, 0.717) is 0 Å². The van der Waals surface area contributed by atoms with Crippen molar-refractivity contribution in [1.82, 2.24) is 10.2 Å². The molecule has 21 heavy (non-hydrogen) atoms. The van der Waals surface area contributed by atoms with Gasteiger partial charge in [0, 0.05) is 19.7 Å². The van der Waals surface area contributed by atoms with E-state index in [0.717, 1.165) is 44.3 Å². The first-order valence-corrected chi connectivity index (χ1v) is 7.98. The van der Waals surface area contributed by atoms with Gasteiger partial charge in [-0.15, -0.1) is 0 Å². The maximum Gasteiger partial charge on any atom is 0.118 e. The number of nitrogens with zero attached hydrogens (tertiary/aromatic N) is 1. The molecule has 1 aliphatic rings. The van der Waals surface area contributed by atoms with Crippen molar-refractivity contribution in [2.24, 2.45) is 5.92 Å². The zero-order valence-electron chi connectivity index (χ0n) is 13.1. The molecular weight excluding hydrogens is 264 g/mol. The number of nitrogens with one attached hydrogen (secondary N) is 1. The van der Waals surface area contributed by atoms with Gasteiger partial charge in [0.25, 0.3) is 0 Å². The van der Waals surface area contributed by atoms with Crippen molar-refractivity contribution in [3.8, 4) is 5.75 Å². The van der Waals surface area contributed by atoms with Gasteiger partial charge in [0.2, 0.25) is 0 Å². The van der Waals surface area contributed by atoms with Crippen LogP contribution in [0.2, 0.25) is 0 Å². The highest BCUT2D eigenvalue weighted by atomic mass is 16.5. The fourth-order valence-electron chi connectivity index (χ4n) is 2.96. The zero-order valence-corrected chi connectivity index (χ0v) is 13.1. The van der Waals surface area contributed by atoms with E-state index in [1.54, 1.807) is 7.11 Å². The monoisotopic (exact) mass is 292 g/mol. The minimum absolute atomic E-state index is 0.279. The highest BCUT2D eigenvalue weighted by Crippen LogP contribution is 2.19. The highest BCUT2D eigenvalue weighted by molar-refractivity contribution is 5.27. The van der Waals surface area contributed by atoms with Crippen molar-refractivity contribution in [2.75, 3.05) is 39.9 Å². The minimum Gasteiger partial charge on any atom is -0.497 e. The van der Waals surface area contributed by atoms with Gasteiger partial charge in [0.15, 0.2) is 0 Å². The Hall–Kier alpha value is -1.10. The van der Waals surface area contributed by atoms with Crippen molar-refractivity contribution < 1.29 is 9.84 Å². The van der Waals surface area contributed by atoms with Crippen LogP contribution in [0.4, 0.5) is 0 Å². The van der Waals surface area contributed by atoms with E-state index in [1.807, 2.05) is 12.1 Å². The van der Waals surface area contributed by atoms with Gasteiger partial charge in [0.05, 0.1) is 7.11 Å². The average molecular weight is 292 g/mol. The third-order valence-electron chi connectivity index (χ3n) is 4.11. The number of rotatable bonds is 8. The van der Waals surface area contributed by atoms with Crippen LogP contribution in [0.15, 0.2) is 24.3 Å². The number of piperidine rings is 1. The van der Waals surface area contributed by atoms with Crippen molar-refractivity contribution in [3.63, 3.8) is 0 Å². The van der Waals surface area contributed by atoms with E-state index < -0.39 is 0 Å². The molecule has 1 aliphatic heterocycles. The molecule has 1 unspecified atom stereocenters. The number of benzene rings is 1. The maximum atomic E-state index is 8.79. The molecule has 118 valence electrons. The number of methoxy groups -OCH3 is 1.